The fourth-order valence-electron chi connectivity index (χ4n) is 2.93. The van der Waals surface area contributed by atoms with Crippen molar-refractivity contribution in [3.8, 4) is 17.1 Å². The Kier molecular flexibility index (Phi) is 6.94. The normalized spacial score (nSPS) is 11.5. The number of nitrogens with zero attached hydrogens (tertiary/aromatic N) is 3. The van der Waals surface area contributed by atoms with Crippen LogP contribution in [0.3, 0.4) is 0 Å². The number of benzene rings is 2. The van der Waals surface area contributed by atoms with Crippen LogP contribution < -0.4 is 4.74 Å². The minimum absolute atomic E-state index is 0.0481. The van der Waals surface area contributed by atoms with E-state index >= 15 is 0 Å². The Balaban J connectivity index is 1.72. The maximum absolute atomic E-state index is 13.4. The third-order valence-corrected chi connectivity index (χ3v) is 5.55. The highest BCUT2D eigenvalue weighted by molar-refractivity contribution is 7.98. The van der Waals surface area contributed by atoms with Gasteiger partial charge in [0.1, 0.15) is 11.6 Å². The molecule has 164 valence electrons. The number of alkyl halides is 2. The minimum Gasteiger partial charge on any atom is -0.482 e. The van der Waals surface area contributed by atoms with Crippen molar-refractivity contribution in [3.63, 3.8) is 0 Å². The number of aliphatic carboxylic acids is 1. The van der Waals surface area contributed by atoms with E-state index in [-0.39, 0.29) is 12.2 Å². The zero-order valence-electron chi connectivity index (χ0n) is 17.4. The largest absolute Gasteiger partial charge is 0.482 e. The number of carboxylic acid groups (broad SMARTS) is 1. The smallest absolute Gasteiger partial charge is 0.341 e. The van der Waals surface area contributed by atoms with Crippen LogP contribution in [-0.2, 0) is 23.0 Å². The lowest BCUT2D eigenvalue weighted by atomic mass is 10.1. The quantitative estimate of drug-likeness (QED) is 0.458. The molecule has 1 N–H and O–H groups in total. The molecule has 0 bridgehead atoms. The first-order valence-electron chi connectivity index (χ1n) is 9.68. The molecule has 0 unspecified atom stereocenters. The molecule has 9 heteroatoms. The van der Waals surface area contributed by atoms with Gasteiger partial charge in [-0.25, -0.2) is 23.2 Å². The number of ether oxygens (including phenoxy) is 1. The summed E-state index contributed by atoms with van der Waals surface area (Å²) in [4.78, 5) is 16.2. The Hall–Kier alpha value is -2.94. The summed E-state index contributed by atoms with van der Waals surface area (Å²) in [5.74, 6) is -1.53. The van der Waals surface area contributed by atoms with Crippen LogP contribution in [0.2, 0.25) is 0 Å². The van der Waals surface area contributed by atoms with Gasteiger partial charge in [-0.15, -0.1) is 11.8 Å². The number of halogens is 2. The van der Waals surface area contributed by atoms with Crippen LogP contribution in [0.5, 0.6) is 5.75 Å². The molecule has 0 radical (unpaired) electrons. The number of carbonyl (C=O) groups is 1. The minimum atomic E-state index is -2.89. The van der Waals surface area contributed by atoms with E-state index in [0.29, 0.717) is 29.4 Å². The summed E-state index contributed by atoms with van der Waals surface area (Å²) in [5, 5.41) is 13.2. The van der Waals surface area contributed by atoms with Crippen molar-refractivity contribution < 1.29 is 23.4 Å². The third-order valence-electron chi connectivity index (χ3n) is 4.56. The first-order chi connectivity index (χ1) is 14.7. The summed E-state index contributed by atoms with van der Waals surface area (Å²) in [6, 6.07) is 11.6. The number of rotatable bonds is 9. The van der Waals surface area contributed by atoms with Crippen molar-refractivity contribution in [1.29, 1.82) is 0 Å². The van der Waals surface area contributed by atoms with E-state index < -0.39 is 11.9 Å². The van der Waals surface area contributed by atoms with E-state index in [1.54, 1.807) is 34.6 Å². The van der Waals surface area contributed by atoms with Gasteiger partial charge in [-0.2, -0.15) is 5.10 Å². The topological polar surface area (TPSA) is 77.2 Å². The van der Waals surface area contributed by atoms with Gasteiger partial charge < -0.3 is 9.84 Å². The van der Waals surface area contributed by atoms with Crippen LogP contribution in [0.1, 0.15) is 30.8 Å². The zero-order chi connectivity index (χ0) is 22.6. The van der Waals surface area contributed by atoms with Crippen LogP contribution in [0, 0.1) is 6.92 Å². The number of carboxylic acids is 1. The molecule has 0 spiro atoms. The maximum Gasteiger partial charge on any atom is 0.341 e. The molecule has 0 aliphatic rings. The van der Waals surface area contributed by atoms with Crippen LogP contribution >= 0.6 is 11.8 Å². The molecule has 2 aromatic carbocycles. The average Bonchev–Trinajstić information content (AvgIpc) is 3.14. The molecule has 6 nitrogen and oxygen atoms in total. The molecule has 3 aromatic rings. The van der Waals surface area contributed by atoms with Crippen LogP contribution in [-0.4, -0.2) is 32.4 Å². The van der Waals surface area contributed by atoms with E-state index in [9.17, 15) is 13.6 Å². The van der Waals surface area contributed by atoms with E-state index in [4.69, 9.17) is 9.84 Å². The molecule has 31 heavy (non-hydrogen) atoms. The van der Waals surface area contributed by atoms with Crippen LogP contribution in [0.4, 0.5) is 8.78 Å². The second kappa shape index (κ2) is 9.47. The predicted octanol–water partition coefficient (Wildman–Crippen LogP) is 5.14. The Morgan fingerprint density at radius 3 is 2.52 bits per heavy atom. The van der Waals surface area contributed by atoms with Crippen molar-refractivity contribution >= 4 is 17.7 Å². The lowest BCUT2D eigenvalue weighted by Gasteiger charge is -2.10. The van der Waals surface area contributed by atoms with Gasteiger partial charge in [0.05, 0.1) is 5.75 Å². The molecular formula is C22H23F2N3O3S. The predicted molar refractivity (Wildman–Crippen MR) is 115 cm³/mol. The Morgan fingerprint density at radius 1 is 1.23 bits per heavy atom. The van der Waals surface area contributed by atoms with Crippen molar-refractivity contribution in [2.75, 3.05) is 6.61 Å². The standard InChI is InChI=1S/C22H23F2N3O3S/c1-4-27-19(13-31-17-9-10-18(14(2)11-17)30-12-20(28)29)25-21(26-27)15-5-7-16(8-6-15)22(3,23)24/h5-11H,4,12-13H2,1-3H3,(H,28,29). The van der Waals surface area contributed by atoms with Crippen molar-refractivity contribution in [2.45, 2.75) is 43.9 Å². The summed E-state index contributed by atoms with van der Waals surface area (Å²) in [7, 11) is 0. The SMILES string of the molecule is CCn1nc(-c2ccc(C(C)(F)F)cc2)nc1CSc1ccc(OCC(=O)O)c(C)c1. The molecule has 0 saturated carbocycles. The Morgan fingerprint density at radius 2 is 1.94 bits per heavy atom. The van der Waals surface area contributed by atoms with Crippen molar-refractivity contribution in [1.82, 2.24) is 14.8 Å². The molecular weight excluding hydrogens is 424 g/mol. The van der Waals surface area contributed by atoms with Gasteiger partial charge in [-0.1, -0.05) is 24.3 Å². The summed E-state index contributed by atoms with van der Waals surface area (Å²) >= 11 is 1.57. The molecule has 0 aliphatic heterocycles. The van der Waals surface area contributed by atoms with Crippen LogP contribution in [0.15, 0.2) is 47.4 Å². The summed E-state index contributed by atoms with van der Waals surface area (Å²) < 4.78 is 33.9. The number of hydrogen-bond donors (Lipinski definition) is 1. The Labute approximate surface area is 183 Å². The van der Waals surface area contributed by atoms with Crippen LogP contribution in [0.25, 0.3) is 11.4 Å². The summed E-state index contributed by atoms with van der Waals surface area (Å²) in [6.07, 6.45) is 0. The second-order valence-corrected chi connectivity index (χ2v) is 8.08. The summed E-state index contributed by atoms with van der Waals surface area (Å²) in [6.45, 7) is 4.94. The fraction of sp³-hybridized carbons (Fsp3) is 0.318. The Bertz CT molecular complexity index is 1060. The van der Waals surface area contributed by atoms with Gasteiger partial charge in [-0.05, 0) is 37.6 Å². The van der Waals surface area contributed by atoms with Crippen molar-refractivity contribution in [2.24, 2.45) is 0 Å². The molecule has 0 aliphatic carbocycles. The summed E-state index contributed by atoms with van der Waals surface area (Å²) in [5.41, 5.74) is 1.48. The third kappa shape index (κ3) is 5.81. The highest BCUT2D eigenvalue weighted by Gasteiger charge is 2.24. The lowest BCUT2D eigenvalue weighted by Crippen LogP contribution is -2.10. The first kappa shape index (κ1) is 22.7. The highest BCUT2D eigenvalue weighted by atomic mass is 32.2. The number of hydrogen-bond acceptors (Lipinski definition) is 5. The molecule has 0 saturated heterocycles. The fourth-order valence-corrected chi connectivity index (χ4v) is 3.86. The number of aromatic nitrogens is 3. The first-order valence-corrected chi connectivity index (χ1v) is 10.7. The van der Waals surface area contributed by atoms with E-state index in [2.05, 4.69) is 10.1 Å². The molecule has 3 rings (SSSR count). The lowest BCUT2D eigenvalue weighted by molar-refractivity contribution is -0.139. The van der Waals surface area contributed by atoms with Crippen molar-refractivity contribution in [3.05, 3.63) is 59.4 Å². The molecule has 0 amide bonds. The van der Waals surface area contributed by atoms with Gasteiger partial charge >= 0.3 is 5.97 Å². The molecule has 0 atom stereocenters. The van der Waals surface area contributed by atoms with Gasteiger partial charge in [0, 0.05) is 29.5 Å². The van der Waals surface area contributed by atoms with Gasteiger partial charge in [0.25, 0.3) is 5.92 Å². The van der Waals surface area contributed by atoms with Gasteiger partial charge in [-0.3, -0.25) is 0 Å². The molecule has 1 aromatic heterocycles. The second-order valence-electron chi connectivity index (χ2n) is 7.03. The zero-order valence-corrected chi connectivity index (χ0v) is 18.2. The van der Waals surface area contributed by atoms with Gasteiger partial charge in [0.15, 0.2) is 12.4 Å². The van der Waals surface area contributed by atoms with Gasteiger partial charge in [0.2, 0.25) is 0 Å². The van der Waals surface area contributed by atoms with E-state index in [1.807, 2.05) is 26.0 Å². The highest BCUT2D eigenvalue weighted by Crippen LogP contribution is 2.30. The monoisotopic (exact) mass is 447 g/mol. The molecule has 1 heterocycles. The average molecular weight is 448 g/mol. The van der Waals surface area contributed by atoms with E-state index in [0.717, 1.165) is 23.2 Å². The van der Waals surface area contributed by atoms with E-state index in [1.165, 1.54) is 12.1 Å². The number of aryl methyl sites for hydroxylation is 2. The maximum atomic E-state index is 13.4. The molecule has 0 fully saturated rings. The number of thioether (sulfide) groups is 1.